The zero-order valence-corrected chi connectivity index (χ0v) is 20.6. The van der Waals surface area contributed by atoms with E-state index in [1.165, 1.54) is 0 Å². The van der Waals surface area contributed by atoms with Crippen LogP contribution in [0.15, 0.2) is 65.2 Å². The van der Waals surface area contributed by atoms with Crippen LogP contribution < -0.4 is 5.32 Å². The third kappa shape index (κ3) is 4.71. The number of anilines is 1. The highest BCUT2D eigenvalue weighted by molar-refractivity contribution is 6.31. The van der Waals surface area contributed by atoms with Crippen molar-refractivity contribution in [1.82, 2.24) is 5.16 Å². The number of halogens is 1. The van der Waals surface area contributed by atoms with Crippen LogP contribution in [0.3, 0.4) is 0 Å². The van der Waals surface area contributed by atoms with E-state index in [1.54, 1.807) is 26.0 Å². The molecule has 1 aliphatic carbocycles. The maximum Gasteiger partial charge on any atom is 0.412 e. The van der Waals surface area contributed by atoms with E-state index in [4.69, 9.17) is 20.9 Å². The first kappa shape index (κ1) is 23.7. The number of rotatable bonds is 5. The summed E-state index contributed by atoms with van der Waals surface area (Å²) in [5, 5.41) is 9.22. The van der Waals surface area contributed by atoms with E-state index in [9.17, 15) is 9.59 Å². The topological polar surface area (TPSA) is 81.4 Å². The first-order chi connectivity index (χ1) is 17.4. The molecule has 1 aliphatic rings. The number of ether oxygens (including phenoxy) is 1. The second-order valence-corrected chi connectivity index (χ2v) is 9.37. The molecule has 4 aromatic rings. The molecule has 1 aromatic heterocycles. The molecule has 1 fully saturated rings. The molecule has 0 spiro atoms. The quantitative estimate of drug-likeness (QED) is 0.244. The standard InChI is InChI=1S/C29H23ClN2O4/c1-18-27(31-28(34)35-19(2)24-5-3-4-6-25(24)30)26(36-32-18)12-8-20-7-9-22-16-23(11-10-21(22)15-20)29(17-33)13-14-29/h3-7,9-11,15-17,19H,13-14H2,1-2H3,(H,31,34)/t19-/m1/s1. The molecule has 1 heterocycles. The molecule has 1 N–H and O–H groups in total. The van der Waals surface area contributed by atoms with Gasteiger partial charge in [0.05, 0.1) is 5.41 Å². The van der Waals surface area contributed by atoms with Crippen LogP contribution in [-0.2, 0) is 14.9 Å². The fourth-order valence-electron chi connectivity index (χ4n) is 4.13. The molecule has 1 saturated carbocycles. The molecule has 36 heavy (non-hydrogen) atoms. The molecule has 7 heteroatoms. The number of hydrogen-bond acceptors (Lipinski definition) is 5. The van der Waals surface area contributed by atoms with Crippen LogP contribution in [0.5, 0.6) is 0 Å². The van der Waals surface area contributed by atoms with Gasteiger partial charge < -0.3 is 14.1 Å². The molecule has 1 atom stereocenters. The molecule has 0 saturated heterocycles. The van der Waals surface area contributed by atoms with Crippen LogP contribution in [0.25, 0.3) is 10.8 Å². The molecule has 6 nitrogen and oxygen atoms in total. The number of nitrogens with zero attached hydrogens (tertiary/aromatic N) is 1. The van der Waals surface area contributed by atoms with Gasteiger partial charge in [0.25, 0.3) is 0 Å². The molecule has 0 bridgehead atoms. The number of aldehydes is 1. The van der Waals surface area contributed by atoms with Gasteiger partial charge in [0.2, 0.25) is 5.76 Å². The number of aromatic nitrogens is 1. The molecule has 180 valence electrons. The Labute approximate surface area is 213 Å². The zero-order valence-electron chi connectivity index (χ0n) is 19.8. The van der Waals surface area contributed by atoms with Crippen molar-refractivity contribution >= 4 is 40.4 Å². The van der Waals surface area contributed by atoms with E-state index in [-0.39, 0.29) is 11.2 Å². The molecule has 0 radical (unpaired) electrons. The number of nitrogens with one attached hydrogen (secondary N) is 1. The lowest BCUT2D eigenvalue weighted by atomic mass is 9.94. The zero-order chi connectivity index (χ0) is 25.3. The Morgan fingerprint density at radius 1 is 1.14 bits per heavy atom. The fourth-order valence-corrected chi connectivity index (χ4v) is 4.42. The Morgan fingerprint density at radius 2 is 1.89 bits per heavy atom. The molecular weight excluding hydrogens is 476 g/mol. The van der Waals surface area contributed by atoms with Gasteiger partial charge in [-0.2, -0.15) is 0 Å². The van der Waals surface area contributed by atoms with Crippen LogP contribution in [0.2, 0.25) is 5.02 Å². The van der Waals surface area contributed by atoms with Crippen molar-refractivity contribution < 1.29 is 18.8 Å². The molecule has 1 amide bonds. The fraction of sp³-hybridized carbons (Fsp3) is 0.207. The van der Waals surface area contributed by atoms with Crippen molar-refractivity contribution in [2.75, 3.05) is 5.32 Å². The number of aryl methyl sites for hydroxylation is 1. The maximum atomic E-state index is 12.5. The highest BCUT2D eigenvalue weighted by Crippen LogP contribution is 2.46. The summed E-state index contributed by atoms with van der Waals surface area (Å²) in [6, 6.07) is 19.2. The van der Waals surface area contributed by atoms with E-state index in [2.05, 4.69) is 28.4 Å². The highest BCUT2D eigenvalue weighted by atomic mass is 35.5. The van der Waals surface area contributed by atoms with Gasteiger partial charge in [0.15, 0.2) is 0 Å². The van der Waals surface area contributed by atoms with Gasteiger partial charge in [-0.25, -0.2) is 4.79 Å². The van der Waals surface area contributed by atoms with Gasteiger partial charge in [0, 0.05) is 16.1 Å². The predicted molar refractivity (Wildman–Crippen MR) is 138 cm³/mol. The molecule has 0 unspecified atom stereocenters. The highest BCUT2D eigenvalue weighted by Gasteiger charge is 2.44. The van der Waals surface area contributed by atoms with Gasteiger partial charge in [-0.15, -0.1) is 0 Å². The first-order valence-corrected chi connectivity index (χ1v) is 12.0. The van der Waals surface area contributed by atoms with Crippen LogP contribution >= 0.6 is 11.6 Å². The van der Waals surface area contributed by atoms with E-state index < -0.39 is 12.2 Å². The number of amides is 1. The minimum absolute atomic E-state index is 0.229. The van der Waals surface area contributed by atoms with Crippen LogP contribution in [0.1, 0.15) is 54.0 Å². The average Bonchev–Trinajstić information content (AvgIpc) is 3.61. The van der Waals surface area contributed by atoms with Crippen LogP contribution in [0, 0.1) is 18.8 Å². The lowest BCUT2D eigenvalue weighted by Crippen LogP contribution is -2.17. The van der Waals surface area contributed by atoms with Gasteiger partial charge in [-0.1, -0.05) is 65.1 Å². The lowest BCUT2D eigenvalue weighted by molar-refractivity contribution is -0.109. The first-order valence-electron chi connectivity index (χ1n) is 11.6. The monoisotopic (exact) mass is 498 g/mol. The van der Waals surface area contributed by atoms with Gasteiger partial charge in [-0.3, -0.25) is 5.32 Å². The van der Waals surface area contributed by atoms with Crippen molar-refractivity contribution in [3.63, 3.8) is 0 Å². The summed E-state index contributed by atoms with van der Waals surface area (Å²) in [6.45, 7) is 3.45. The summed E-state index contributed by atoms with van der Waals surface area (Å²) < 4.78 is 10.8. The van der Waals surface area contributed by atoms with E-state index >= 15 is 0 Å². The second-order valence-electron chi connectivity index (χ2n) is 8.97. The summed E-state index contributed by atoms with van der Waals surface area (Å²) in [5.41, 5.74) is 3.09. The van der Waals surface area contributed by atoms with Crippen molar-refractivity contribution in [3.8, 4) is 11.8 Å². The maximum absolute atomic E-state index is 12.5. The Hall–Kier alpha value is -4.08. The number of carbonyl (C=O) groups excluding carboxylic acids is 2. The Bertz CT molecular complexity index is 1540. The third-order valence-electron chi connectivity index (χ3n) is 6.47. The Kier molecular flexibility index (Phi) is 6.26. The number of benzene rings is 3. The van der Waals surface area contributed by atoms with Crippen molar-refractivity contribution in [1.29, 1.82) is 0 Å². The Balaban J connectivity index is 1.32. The van der Waals surface area contributed by atoms with E-state index in [0.29, 0.717) is 22.0 Å². The molecule has 3 aromatic carbocycles. The smallest absolute Gasteiger partial charge is 0.412 e. The minimum atomic E-state index is -0.665. The number of fused-ring (bicyclic) bond motifs is 1. The van der Waals surface area contributed by atoms with Gasteiger partial charge in [-0.05, 0) is 67.1 Å². The van der Waals surface area contributed by atoms with Crippen LogP contribution in [0.4, 0.5) is 10.5 Å². The molecular formula is C29H23ClN2O4. The summed E-state index contributed by atoms with van der Waals surface area (Å²) in [7, 11) is 0. The number of carbonyl (C=O) groups is 2. The van der Waals surface area contributed by atoms with Gasteiger partial charge >= 0.3 is 6.09 Å². The molecule has 0 aliphatic heterocycles. The average molecular weight is 499 g/mol. The summed E-state index contributed by atoms with van der Waals surface area (Å²) in [6.07, 6.45) is 1.66. The predicted octanol–water partition coefficient (Wildman–Crippen LogP) is 6.73. The largest absolute Gasteiger partial charge is 0.441 e. The summed E-state index contributed by atoms with van der Waals surface area (Å²) in [5.74, 6) is 6.25. The minimum Gasteiger partial charge on any atom is -0.441 e. The molecule has 5 rings (SSSR count). The third-order valence-corrected chi connectivity index (χ3v) is 6.81. The lowest BCUT2D eigenvalue weighted by Gasteiger charge is -2.15. The van der Waals surface area contributed by atoms with E-state index in [0.717, 1.165) is 41.0 Å². The normalized spacial score (nSPS) is 14.4. The summed E-state index contributed by atoms with van der Waals surface area (Å²) in [4.78, 5) is 24.0. The SMILES string of the molecule is Cc1noc(C#Cc2ccc3cc(C4(C=O)CC4)ccc3c2)c1NC(=O)O[C@H](C)c1ccccc1Cl. The Morgan fingerprint density at radius 3 is 2.64 bits per heavy atom. The van der Waals surface area contributed by atoms with Crippen molar-refractivity contribution in [2.45, 2.75) is 38.2 Å². The van der Waals surface area contributed by atoms with Crippen LogP contribution in [-0.4, -0.2) is 17.5 Å². The number of hydrogen-bond donors (Lipinski definition) is 1. The summed E-state index contributed by atoms with van der Waals surface area (Å²) >= 11 is 6.20. The second kappa shape index (κ2) is 9.52. The van der Waals surface area contributed by atoms with Gasteiger partial charge in [0.1, 0.15) is 23.8 Å². The van der Waals surface area contributed by atoms with E-state index in [1.807, 2.05) is 42.5 Å². The van der Waals surface area contributed by atoms with Crippen molar-refractivity contribution in [3.05, 3.63) is 93.8 Å². The van der Waals surface area contributed by atoms with Crippen molar-refractivity contribution in [2.24, 2.45) is 0 Å².